The molecule has 7 heteroatoms. The third-order valence-electron chi connectivity index (χ3n) is 3.77. The van der Waals surface area contributed by atoms with Gasteiger partial charge in [-0.05, 0) is 46.0 Å². The molecule has 2 rings (SSSR count). The molecular weight excluding hydrogens is 358 g/mol. The van der Waals surface area contributed by atoms with Crippen molar-refractivity contribution in [1.82, 2.24) is 4.31 Å². The average Bonchev–Trinajstić information content (AvgIpc) is 2.81. The summed E-state index contributed by atoms with van der Waals surface area (Å²) in [4.78, 5) is 12.1. The number of rotatable bonds is 4. The first-order chi connectivity index (χ1) is 9.77. The Morgan fingerprint density at radius 1 is 1.38 bits per heavy atom. The van der Waals surface area contributed by atoms with Gasteiger partial charge in [0.1, 0.15) is 5.75 Å². The van der Waals surface area contributed by atoms with Gasteiger partial charge in [0.25, 0.3) is 10.0 Å². The van der Waals surface area contributed by atoms with Gasteiger partial charge in [0.05, 0.1) is 16.5 Å². The molecule has 0 aromatic heterocycles. The van der Waals surface area contributed by atoms with Crippen LogP contribution in [0.15, 0.2) is 27.6 Å². The summed E-state index contributed by atoms with van der Waals surface area (Å²) < 4.78 is 31.8. The van der Waals surface area contributed by atoms with Gasteiger partial charge >= 0.3 is 0 Å². The van der Waals surface area contributed by atoms with E-state index in [0.29, 0.717) is 10.2 Å². The molecule has 1 saturated heterocycles. The van der Waals surface area contributed by atoms with E-state index in [-0.39, 0.29) is 35.6 Å². The van der Waals surface area contributed by atoms with Gasteiger partial charge in [-0.25, -0.2) is 12.7 Å². The summed E-state index contributed by atoms with van der Waals surface area (Å²) in [5.41, 5.74) is 0. The van der Waals surface area contributed by atoms with Crippen LogP contribution in [0.1, 0.15) is 20.3 Å². The molecule has 116 valence electrons. The van der Waals surface area contributed by atoms with Gasteiger partial charge in [0.15, 0.2) is 0 Å². The predicted molar refractivity (Wildman–Crippen MR) is 82.5 cm³/mol. The molecule has 1 amide bonds. The van der Waals surface area contributed by atoms with Gasteiger partial charge in [-0.3, -0.25) is 4.79 Å². The highest BCUT2D eigenvalue weighted by atomic mass is 79.9. The number of ether oxygens (including phenoxy) is 1. The van der Waals surface area contributed by atoms with Crippen molar-refractivity contribution >= 4 is 31.9 Å². The maximum Gasteiger partial charge on any atom is 0.266 e. The maximum atomic E-state index is 12.6. The molecule has 1 unspecified atom stereocenters. The van der Waals surface area contributed by atoms with Gasteiger partial charge < -0.3 is 4.74 Å². The van der Waals surface area contributed by atoms with E-state index in [0.717, 1.165) is 4.31 Å². The zero-order valence-corrected chi connectivity index (χ0v) is 14.6. The van der Waals surface area contributed by atoms with E-state index in [2.05, 4.69) is 15.9 Å². The first-order valence-corrected chi connectivity index (χ1v) is 8.89. The average molecular weight is 376 g/mol. The molecule has 0 saturated carbocycles. The van der Waals surface area contributed by atoms with Crippen LogP contribution in [0.25, 0.3) is 0 Å². The molecule has 1 heterocycles. The summed E-state index contributed by atoms with van der Waals surface area (Å²) in [7, 11) is -2.30. The van der Waals surface area contributed by atoms with E-state index in [1.165, 1.54) is 19.2 Å². The van der Waals surface area contributed by atoms with Crippen LogP contribution in [0.4, 0.5) is 0 Å². The Hall–Kier alpha value is -1.08. The molecule has 1 fully saturated rings. The fourth-order valence-corrected chi connectivity index (χ4v) is 4.50. The molecule has 1 aromatic carbocycles. The SMILES string of the molecule is COc1ccc(S(=O)(=O)N2CC(C(C)C)CC2=O)cc1Br. The number of halogens is 1. The predicted octanol–water partition coefficient (Wildman–Crippen LogP) is 2.65. The molecule has 0 aliphatic carbocycles. The molecule has 0 N–H and O–H groups in total. The van der Waals surface area contributed by atoms with E-state index in [1.807, 2.05) is 13.8 Å². The third kappa shape index (κ3) is 3.08. The van der Waals surface area contributed by atoms with Crippen molar-refractivity contribution in [3.05, 3.63) is 22.7 Å². The largest absolute Gasteiger partial charge is 0.496 e. The summed E-state index contributed by atoms with van der Waals surface area (Å²) in [6.45, 7) is 4.25. The lowest BCUT2D eigenvalue weighted by atomic mass is 9.95. The van der Waals surface area contributed by atoms with Crippen LogP contribution < -0.4 is 4.74 Å². The molecule has 1 aromatic rings. The fourth-order valence-electron chi connectivity index (χ4n) is 2.32. The summed E-state index contributed by atoms with van der Waals surface area (Å²) >= 11 is 3.27. The lowest BCUT2D eigenvalue weighted by molar-refractivity contribution is -0.123. The monoisotopic (exact) mass is 375 g/mol. The maximum absolute atomic E-state index is 12.6. The molecule has 21 heavy (non-hydrogen) atoms. The second-order valence-corrected chi connectivity index (χ2v) is 8.15. The van der Waals surface area contributed by atoms with E-state index >= 15 is 0 Å². The second-order valence-electron chi connectivity index (χ2n) is 5.43. The van der Waals surface area contributed by atoms with Crippen molar-refractivity contribution in [3.8, 4) is 5.75 Å². The van der Waals surface area contributed by atoms with E-state index in [1.54, 1.807) is 6.07 Å². The van der Waals surface area contributed by atoms with Crippen LogP contribution in [0.2, 0.25) is 0 Å². The van der Waals surface area contributed by atoms with Crippen molar-refractivity contribution < 1.29 is 17.9 Å². The highest BCUT2D eigenvalue weighted by molar-refractivity contribution is 9.10. The van der Waals surface area contributed by atoms with Gasteiger partial charge in [-0.2, -0.15) is 0 Å². The topological polar surface area (TPSA) is 63.7 Å². The molecule has 0 spiro atoms. The lowest BCUT2D eigenvalue weighted by Gasteiger charge is -2.18. The Bertz CT molecular complexity index is 657. The lowest BCUT2D eigenvalue weighted by Crippen LogP contribution is -2.32. The molecule has 0 radical (unpaired) electrons. The minimum atomic E-state index is -3.80. The number of methoxy groups -OCH3 is 1. The van der Waals surface area contributed by atoms with Crippen LogP contribution in [0.3, 0.4) is 0 Å². The van der Waals surface area contributed by atoms with Gasteiger partial charge in [0.2, 0.25) is 5.91 Å². The molecule has 1 aliphatic rings. The second kappa shape index (κ2) is 5.96. The third-order valence-corrected chi connectivity index (χ3v) is 6.17. The number of hydrogen-bond donors (Lipinski definition) is 0. The Labute approximate surface area is 133 Å². The normalized spacial score (nSPS) is 19.4. The van der Waals surface area contributed by atoms with Crippen LogP contribution >= 0.6 is 15.9 Å². The Morgan fingerprint density at radius 3 is 2.52 bits per heavy atom. The Morgan fingerprint density at radius 2 is 2.05 bits per heavy atom. The molecule has 0 bridgehead atoms. The Kier molecular flexibility index (Phi) is 4.63. The van der Waals surface area contributed by atoms with Gasteiger partial charge in [0, 0.05) is 13.0 Å². The minimum Gasteiger partial charge on any atom is -0.496 e. The van der Waals surface area contributed by atoms with Crippen molar-refractivity contribution in [1.29, 1.82) is 0 Å². The number of nitrogens with zero attached hydrogens (tertiary/aromatic N) is 1. The van der Waals surface area contributed by atoms with Crippen molar-refractivity contribution in [2.45, 2.75) is 25.2 Å². The summed E-state index contributed by atoms with van der Waals surface area (Å²) in [6.07, 6.45) is 0.286. The molecule has 1 aliphatic heterocycles. The van der Waals surface area contributed by atoms with Crippen molar-refractivity contribution in [2.24, 2.45) is 11.8 Å². The number of carbonyl (C=O) groups excluding carboxylic acids is 1. The van der Waals surface area contributed by atoms with Crippen LogP contribution in [-0.2, 0) is 14.8 Å². The molecule has 1 atom stereocenters. The van der Waals surface area contributed by atoms with Crippen LogP contribution in [-0.4, -0.2) is 32.3 Å². The summed E-state index contributed by atoms with van der Waals surface area (Å²) in [5, 5.41) is 0. The van der Waals surface area contributed by atoms with Gasteiger partial charge in [-0.15, -0.1) is 0 Å². The number of hydrogen-bond acceptors (Lipinski definition) is 4. The summed E-state index contributed by atoms with van der Waals surface area (Å²) in [6, 6.07) is 4.48. The highest BCUT2D eigenvalue weighted by Crippen LogP contribution is 2.32. The number of benzene rings is 1. The Balaban J connectivity index is 2.34. The fraction of sp³-hybridized carbons (Fsp3) is 0.500. The van der Waals surface area contributed by atoms with E-state index in [9.17, 15) is 13.2 Å². The van der Waals surface area contributed by atoms with Crippen molar-refractivity contribution in [2.75, 3.05) is 13.7 Å². The minimum absolute atomic E-state index is 0.0777. The zero-order valence-electron chi connectivity index (χ0n) is 12.2. The van der Waals surface area contributed by atoms with Gasteiger partial charge in [-0.1, -0.05) is 13.8 Å². The molecular formula is C14H18BrNO4S. The number of sulfonamides is 1. The zero-order chi connectivity index (χ0) is 15.8. The summed E-state index contributed by atoms with van der Waals surface area (Å²) in [5.74, 6) is 0.563. The number of amides is 1. The smallest absolute Gasteiger partial charge is 0.266 e. The first-order valence-electron chi connectivity index (χ1n) is 6.66. The number of carbonyl (C=O) groups is 1. The van der Waals surface area contributed by atoms with Crippen LogP contribution in [0, 0.1) is 11.8 Å². The quantitative estimate of drug-likeness (QED) is 0.811. The molecule has 5 nitrogen and oxygen atoms in total. The first kappa shape index (κ1) is 16.3. The van der Waals surface area contributed by atoms with E-state index < -0.39 is 10.0 Å². The van der Waals surface area contributed by atoms with E-state index in [4.69, 9.17) is 4.74 Å². The van der Waals surface area contributed by atoms with Crippen LogP contribution in [0.5, 0.6) is 5.75 Å². The van der Waals surface area contributed by atoms with Crippen molar-refractivity contribution in [3.63, 3.8) is 0 Å². The highest BCUT2D eigenvalue weighted by Gasteiger charge is 2.39. The standard InChI is InChI=1S/C14H18BrNO4S/c1-9(2)10-6-14(17)16(8-10)21(18,19)11-4-5-13(20-3)12(15)7-11/h4-5,7,9-10H,6,8H2,1-3H3.